The van der Waals surface area contributed by atoms with Crippen molar-refractivity contribution in [2.24, 2.45) is 11.7 Å². The molecule has 1 heterocycles. The summed E-state index contributed by atoms with van der Waals surface area (Å²) in [5.41, 5.74) is 7.08. The van der Waals surface area contributed by atoms with E-state index in [-0.39, 0.29) is 23.8 Å². The standard InChI is InChI=1S/C22H31FN3O2/c1-22(2)13-16-12-17(23)9-10-19(16)26(22)14-18(21(24)28)25-20(27)11-8-15-6-4-3-5-7-15/h9-12,15,18H,3-8,13-14H2,1-2H3,(H2,24,28)(H,25,27)/t18-/m0/s1. The summed E-state index contributed by atoms with van der Waals surface area (Å²) in [4.78, 5) is 26.4. The van der Waals surface area contributed by atoms with Gasteiger partial charge in [-0.1, -0.05) is 32.1 Å². The molecule has 1 radical (unpaired) electrons. The maximum atomic E-state index is 13.6. The minimum Gasteiger partial charge on any atom is -0.368 e. The molecule has 1 aromatic rings. The van der Waals surface area contributed by atoms with Crippen molar-refractivity contribution in [2.75, 3.05) is 11.4 Å². The Bertz CT molecular complexity index is 728. The third-order valence-corrected chi connectivity index (χ3v) is 6.07. The maximum Gasteiger partial charge on any atom is 0.241 e. The van der Waals surface area contributed by atoms with Crippen LogP contribution >= 0.6 is 0 Å². The molecule has 0 aromatic heterocycles. The Kier molecular flexibility index (Phi) is 6.26. The van der Waals surface area contributed by atoms with Crippen LogP contribution in [0.1, 0.15) is 57.9 Å². The van der Waals surface area contributed by atoms with Gasteiger partial charge in [-0.05, 0) is 56.4 Å². The molecule has 5 nitrogen and oxygen atoms in total. The number of nitrogens with one attached hydrogen (secondary N) is 1. The molecule has 1 fully saturated rings. The zero-order valence-corrected chi connectivity index (χ0v) is 16.8. The number of fused-ring (bicyclic) bond motifs is 1. The Labute approximate surface area is 166 Å². The predicted molar refractivity (Wildman–Crippen MR) is 108 cm³/mol. The first-order valence-corrected chi connectivity index (χ1v) is 10.3. The summed E-state index contributed by atoms with van der Waals surface area (Å²) in [6.45, 7) is 4.35. The third kappa shape index (κ3) is 4.83. The van der Waals surface area contributed by atoms with Gasteiger partial charge in [-0.15, -0.1) is 0 Å². The lowest BCUT2D eigenvalue weighted by Gasteiger charge is -2.36. The van der Waals surface area contributed by atoms with Crippen LogP contribution in [0.5, 0.6) is 0 Å². The highest BCUT2D eigenvalue weighted by Gasteiger charge is 2.38. The number of anilines is 1. The van der Waals surface area contributed by atoms with Crippen LogP contribution in [0.25, 0.3) is 0 Å². The second kappa shape index (κ2) is 8.50. The van der Waals surface area contributed by atoms with Gasteiger partial charge in [0.2, 0.25) is 11.8 Å². The molecular weight excluding hydrogens is 357 g/mol. The highest BCUT2D eigenvalue weighted by molar-refractivity contribution is 5.91. The molecule has 28 heavy (non-hydrogen) atoms. The van der Waals surface area contributed by atoms with E-state index in [2.05, 4.69) is 5.32 Å². The average Bonchev–Trinajstić information content (AvgIpc) is 2.89. The van der Waals surface area contributed by atoms with E-state index in [1.807, 2.05) is 18.7 Å². The number of carbonyl (C=O) groups is 2. The van der Waals surface area contributed by atoms with Gasteiger partial charge in [-0.3, -0.25) is 9.59 Å². The minimum atomic E-state index is -0.801. The summed E-state index contributed by atoms with van der Waals surface area (Å²) in [6.07, 6.45) is 9.15. The fraction of sp³-hybridized carbons (Fsp3) is 0.591. The summed E-state index contributed by atoms with van der Waals surface area (Å²) in [5, 5.41) is 2.78. The van der Waals surface area contributed by atoms with Gasteiger partial charge in [0.25, 0.3) is 0 Å². The number of halogens is 1. The molecule has 1 aliphatic carbocycles. The van der Waals surface area contributed by atoms with Crippen molar-refractivity contribution in [1.82, 2.24) is 5.32 Å². The molecule has 0 bridgehead atoms. The SMILES string of the molecule is CC1(C)Cc2cc(F)ccc2N1C[C@H](NC(=O)[CH]CC1CCCCC1)C(N)=O. The Balaban J connectivity index is 1.62. The van der Waals surface area contributed by atoms with E-state index >= 15 is 0 Å². The first-order chi connectivity index (χ1) is 13.3. The van der Waals surface area contributed by atoms with E-state index in [1.165, 1.54) is 44.2 Å². The van der Waals surface area contributed by atoms with Crippen LogP contribution < -0.4 is 16.0 Å². The molecular formula is C22H31FN3O2. The number of nitrogens with two attached hydrogens (primary N) is 1. The van der Waals surface area contributed by atoms with Crippen LogP contribution in [0.3, 0.4) is 0 Å². The lowest BCUT2D eigenvalue weighted by molar-refractivity contribution is -0.125. The number of benzene rings is 1. The van der Waals surface area contributed by atoms with Gasteiger partial charge in [0, 0.05) is 24.2 Å². The first-order valence-electron chi connectivity index (χ1n) is 10.3. The Morgan fingerprint density at radius 2 is 2.04 bits per heavy atom. The topological polar surface area (TPSA) is 75.4 Å². The van der Waals surface area contributed by atoms with Gasteiger partial charge in [0.05, 0.1) is 0 Å². The predicted octanol–water partition coefficient (Wildman–Crippen LogP) is 3.11. The first kappa shape index (κ1) is 20.6. The van der Waals surface area contributed by atoms with Crippen molar-refractivity contribution in [1.29, 1.82) is 0 Å². The largest absolute Gasteiger partial charge is 0.368 e. The summed E-state index contributed by atoms with van der Waals surface area (Å²) < 4.78 is 13.6. The lowest BCUT2D eigenvalue weighted by Crippen LogP contribution is -2.55. The fourth-order valence-corrected chi connectivity index (χ4v) is 4.51. The Morgan fingerprint density at radius 1 is 1.32 bits per heavy atom. The molecule has 1 aliphatic heterocycles. The number of hydrogen-bond acceptors (Lipinski definition) is 3. The van der Waals surface area contributed by atoms with E-state index in [0.717, 1.165) is 17.7 Å². The molecule has 1 saturated carbocycles. The second-order valence-corrected chi connectivity index (χ2v) is 8.78. The number of primary amides is 1. The maximum absolute atomic E-state index is 13.6. The molecule has 0 spiro atoms. The van der Waals surface area contributed by atoms with E-state index in [9.17, 15) is 14.0 Å². The molecule has 3 rings (SSSR count). The molecule has 1 atom stereocenters. The van der Waals surface area contributed by atoms with Gasteiger partial charge < -0.3 is 16.0 Å². The quantitative estimate of drug-likeness (QED) is 0.754. The van der Waals surface area contributed by atoms with Gasteiger partial charge >= 0.3 is 0 Å². The molecule has 6 heteroatoms. The zero-order chi connectivity index (χ0) is 20.3. The molecule has 1 aromatic carbocycles. The molecule has 2 aliphatic rings. The lowest BCUT2D eigenvalue weighted by atomic mass is 9.86. The van der Waals surface area contributed by atoms with Crippen LogP contribution in [0.4, 0.5) is 10.1 Å². The minimum absolute atomic E-state index is 0.245. The van der Waals surface area contributed by atoms with Crippen molar-refractivity contribution in [3.63, 3.8) is 0 Å². The smallest absolute Gasteiger partial charge is 0.241 e. The molecule has 3 N–H and O–H groups in total. The van der Waals surface area contributed by atoms with Crippen LogP contribution in [0.15, 0.2) is 18.2 Å². The van der Waals surface area contributed by atoms with E-state index in [1.54, 1.807) is 12.5 Å². The van der Waals surface area contributed by atoms with Gasteiger partial charge in [0.1, 0.15) is 11.9 Å². The summed E-state index contributed by atoms with van der Waals surface area (Å²) >= 11 is 0. The molecule has 0 saturated heterocycles. The van der Waals surface area contributed by atoms with Crippen molar-refractivity contribution in [3.8, 4) is 0 Å². The second-order valence-electron chi connectivity index (χ2n) is 8.78. The summed E-state index contributed by atoms with van der Waals surface area (Å²) in [7, 11) is 0. The number of hydrogen-bond donors (Lipinski definition) is 2. The van der Waals surface area contributed by atoms with Crippen molar-refractivity contribution < 1.29 is 14.0 Å². The Morgan fingerprint density at radius 3 is 2.71 bits per heavy atom. The number of carbonyl (C=O) groups excluding carboxylic acids is 2. The normalized spacial score (nSPS) is 19.9. The highest BCUT2D eigenvalue weighted by atomic mass is 19.1. The van der Waals surface area contributed by atoms with Gasteiger partial charge in [-0.25, -0.2) is 4.39 Å². The molecule has 0 unspecified atom stereocenters. The van der Waals surface area contributed by atoms with Crippen LogP contribution in [-0.4, -0.2) is 29.9 Å². The van der Waals surface area contributed by atoms with E-state index in [0.29, 0.717) is 12.3 Å². The monoisotopic (exact) mass is 388 g/mol. The van der Waals surface area contributed by atoms with Gasteiger partial charge in [0.15, 0.2) is 0 Å². The molecule has 153 valence electrons. The third-order valence-electron chi connectivity index (χ3n) is 6.07. The number of amides is 2. The van der Waals surface area contributed by atoms with E-state index < -0.39 is 11.9 Å². The van der Waals surface area contributed by atoms with E-state index in [4.69, 9.17) is 5.73 Å². The highest BCUT2D eigenvalue weighted by Crippen LogP contribution is 2.38. The molecule has 2 amide bonds. The Hall–Kier alpha value is -2.11. The summed E-state index contributed by atoms with van der Waals surface area (Å²) in [6, 6.07) is 3.88. The fourth-order valence-electron chi connectivity index (χ4n) is 4.51. The van der Waals surface area contributed by atoms with Crippen molar-refractivity contribution in [2.45, 2.75) is 70.4 Å². The summed E-state index contributed by atoms with van der Waals surface area (Å²) in [5.74, 6) is -0.518. The van der Waals surface area contributed by atoms with Crippen LogP contribution in [0.2, 0.25) is 0 Å². The van der Waals surface area contributed by atoms with Crippen LogP contribution in [0, 0.1) is 18.2 Å². The zero-order valence-electron chi connectivity index (χ0n) is 16.8. The number of rotatable bonds is 7. The van der Waals surface area contributed by atoms with Gasteiger partial charge in [-0.2, -0.15) is 0 Å². The van der Waals surface area contributed by atoms with Crippen molar-refractivity contribution >= 4 is 17.5 Å². The van der Waals surface area contributed by atoms with Crippen molar-refractivity contribution in [3.05, 3.63) is 36.0 Å². The van der Waals surface area contributed by atoms with Crippen LogP contribution in [-0.2, 0) is 16.0 Å². The number of nitrogens with zero attached hydrogens (tertiary/aromatic N) is 1. The average molecular weight is 389 g/mol.